The number of fused-ring (bicyclic) bond motifs is 1. The Balaban J connectivity index is 1.50. The molecule has 3 N–H and O–H groups in total. The molecule has 0 unspecified atom stereocenters. The molecule has 4 aromatic heterocycles. The first-order chi connectivity index (χ1) is 15.7. The number of nitrogen functional groups attached to an aromatic ring is 1. The Labute approximate surface area is 185 Å². The van der Waals surface area contributed by atoms with E-state index in [1.807, 2.05) is 0 Å². The summed E-state index contributed by atoms with van der Waals surface area (Å²) in [6, 6.07) is 2.41. The van der Waals surface area contributed by atoms with Gasteiger partial charge in [-0.3, -0.25) is 14.5 Å². The molecule has 1 saturated carbocycles. The lowest BCUT2D eigenvalue weighted by atomic mass is 10.1. The minimum Gasteiger partial charge on any atom is -0.382 e. The minimum absolute atomic E-state index is 0.0882. The first kappa shape index (κ1) is 20.9. The second-order valence-corrected chi connectivity index (χ2v) is 8.05. The van der Waals surface area contributed by atoms with Gasteiger partial charge in [0.05, 0.1) is 34.4 Å². The zero-order valence-corrected chi connectivity index (χ0v) is 17.5. The highest BCUT2D eigenvalue weighted by Gasteiger charge is 2.36. The van der Waals surface area contributed by atoms with Crippen molar-refractivity contribution in [2.75, 3.05) is 11.1 Å². The van der Waals surface area contributed by atoms with Crippen molar-refractivity contribution < 1.29 is 18.0 Å². The maximum absolute atomic E-state index is 13.6. The predicted molar refractivity (Wildman–Crippen MR) is 113 cm³/mol. The smallest absolute Gasteiger partial charge is 0.382 e. The molecule has 0 bridgehead atoms. The number of aryl methyl sites for hydroxylation is 1. The third-order valence-corrected chi connectivity index (χ3v) is 5.55. The number of carbonyl (C=O) groups is 1. The average Bonchev–Trinajstić information content (AvgIpc) is 3.30. The summed E-state index contributed by atoms with van der Waals surface area (Å²) in [5.74, 6) is -0.114. The molecule has 5 rings (SSSR count). The molecule has 0 radical (unpaired) electrons. The molecule has 0 aromatic carbocycles. The molecule has 0 spiro atoms. The fraction of sp³-hybridized carbons (Fsp3) is 0.286. The normalized spacial score (nSPS) is 14.1. The first-order valence-electron chi connectivity index (χ1n) is 10.2. The number of nitrogens with zero attached hydrogens (tertiary/aromatic N) is 6. The zero-order valence-electron chi connectivity index (χ0n) is 17.5. The lowest BCUT2D eigenvalue weighted by Crippen LogP contribution is -2.14. The molecule has 170 valence electrons. The van der Waals surface area contributed by atoms with E-state index in [1.165, 1.54) is 25.1 Å². The predicted octanol–water partition coefficient (Wildman–Crippen LogP) is 3.56. The standard InChI is InChI=1S/C21H19F3N8O/c1-11-15(20(33)30-14-7-28-31(9-14)8-12-2-3-12)4-13(6-26-11)17-5-16(21(22,23)24)18-19(25)27-10-29-32(17)18/h4-7,9-10,12H,2-3,8H2,1H3,(H,30,33)(H2,25,27,29). The van der Waals surface area contributed by atoms with Crippen LogP contribution in [0.1, 0.15) is 34.5 Å². The summed E-state index contributed by atoms with van der Waals surface area (Å²) in [6.45, 7) is 2.45. The van der Waals surface area contributed by atoms with E-state index >= 15 is 0 Å². The Morgan fingerprint density at radius 2 is 2.00 bits per heavy atom. The van der Waals surface area contributed by atoms with Gasteiger partial charge in [0.1, 0.15) is 11.8 Å². The van der Waals surface area contributed by atoms with Crippen molar-refractivity contribution in [2.24, 2.45) is 5.92 Å². The Morgan fingerprint density at radius 1 is 1.21 bits per heavy atom. The van der Waals surface area contributed by atoms with Crippen LogP contribution in [-0.4, -0.2) is 35.3 Å². The van der Waals surface area contributed by atoms with Crippen molar-refractivity contribution in [1.82, 2.24) is 29.4 Å². The van der Waals surface area contributed by atoms with E-state index in [0.29, 0.717) is 17.3 Å². The number of alkyl halides is 3. The van der Waals surface area contributed by atoms with Crippen LogP contribution in [0.4, 0.5) is 24.7 Å². The number of amides is 1. The van der Waals surface area contributed by atoms with Crippen molar-refractivity contribution in [1.29, 1.82) is 0 Å². The number of rotatable bonds is 5. The number of nitrogens with two attached hydrogens (primary N) is 1. The second kappa shape index (κ2) is 7.57. The van der Waals surface area contributed by atoms with Crippen molar-refractivity contribution in [3.05, 3.63) is 53.9 Å². The number of anilines is 2. The van der Waals surface area contributed by atoms with Crippen molar-refractivity contribution in [3.63, 3.8) is 0 Å². The van der Waals surface area contributed by atoms with Gasteiger partial charge >= 0.3 is 6.18 Å². The molecule has 1 amide bonds. The number of pyridine rings is 1. The Kier molecular flexibility index (Phi) is 4.80. The van der Waals surface area contributed by atoms with E-state index < -0.39 is 17.6 Å². The number of halogens is 3. The summed E-state index contributed by atoms with van der Waals surface area (Å²) in [7, 11) is 0. The molecular formula is C21H19F3N8O. The minimum atomic E-state index is -4.67. The van der Waals surface area contributed by atoms with Crippen molar-refractivity contribution in [2.45, 2.75) is 32.5 Å². The third kappa shape index (κ3) is 3.99. The number of nitrogens with one attached hydrogen (secondary N) is 1. The van der Waals surface area contributed by atoms with Crippen LogP contribution in [-0.2, 0) is 12.7 Å². The van der Waals surface area contributed by atoms with Gasteiger partial charge in [0.25, 0.3) is 5.91 Å². The van der Waals surface area contributed by atoms with Gasteiger partial charge in [0, 0.05) is 24.5 Å². The van der Waals surface area contributed by atoms with Crippen LogP contribution in [0.5, 0.6) is 0 Å². The first-order valence-corrected chi connectivity index (χ1v) is 10.2. The fourth-order valence-corrected chi connectivity index (χ4v) is 3.68. The lowest BCUT2D eigenvalue weighted by Gasteiger charge is -2.08. The number of aromatic nitrogens is 6. The second-order valence-electron chi connectivity index (χ2n) is 8.05. The van der Waals surface area contributed by atoms with Gasteiger partial charge in [0.2, 0.25) is 0 Å². The number of hydrogen-bond donors (Lipinski definition) is 2. The largest absolute Gasteiger partial charge is 0.418 e. The molecule has 0 aliphatic heterocycles. The van der Waals surface area contributed by atoms with Crippen LogP contribution >= 0.6 is 0 Å². The van der Waals surface area contributed by atoms with Gasteiger partial charge in [-0.25, -0.2) is 9.50 Å². The number of hydrogen-bond acceptors (Lipinski definition) is 6. The highest BCUT2D eigenvalue weighted by molar-refractivity contribution is 6.05. The van der Waals surface area contributed by atoms with Crippen LogP contribution < -0.4 is 11.1 Å². The van der Waals surface area contributed by atoms with Gasteiger partial charge < -0.3 is 11.1 Å². The van der Waals surface area contributed by atoms with E-state index in [2.05, 4.69) is 25.5 Å². The molecule has 4 aromatic rings. The van der Waals surface area contributed by atoms with Crippen molar-refractivity contribution in [3.8, 4) is 11.3 Å². The summed E-state index contributed by atoms with van der Waals surface area (Å²) in [5.41, 5.74) is 5.92. The van der Waals surface area contributed by atoms with E-state index in [9.17, 15) is 18.0 Å². The monoisotopic (exact) mass is 456 g/mol. The van der Waals surface area contributed by atoms with Crippen LogP contribution in [0.3, 0.4) is 0 Å². The van der Waals surface area contributed by atoms with Crippen LogP contribution in [0.25, 0.3) is 16.8 Å². The summed E-state index contributed by atoms with van der Waals surface area (Å²) in [6.07, 6.45) is 3.46. The summed E-state index contributed by atoms with van der Waals surface area (Å²) >= 11 is 0. The van der Waals surface area contributed by atoms with Gasteiger partial charge in [-0.05, 0) is 37.8 Å². The average molecular weight is 456 g/mol. The van der Waals surface area contributed by atoms with Crippen LogP contribution in [0.2, 0.25) is 0 Å². The zero-order chi connectivity index (χ0) is 23.3. The van der Waals surface area contributed by atoms with Gasteiger partial charge in [-0.15, -0.1) is 0 Å². The fourth-order valence-electron chi connectivity index (χ4n) is 3.68. The Morgan fingerprint density at radius 3 is 2.73 bits per heavy atom. The van der Waals surface area contributed by atoms with Gasteiger partial charge in [-0.2, -0.15) is 23.4 Å². The van der Waals surface area contributed by atoms with E-state index in [0.717, 1.165) is 23.5 Å². The number of carbonyl (C=O) groups excluding carboxylic acids is 1. The van der Waals surface area contributed by atoms with Gasteiger partial charge in [0.15, 0.2) is 5.82 Å². The van der Waals surface area contributed by atoms with E-state index in [4.69, 9.17) is 5.73 Å². The maximum Gasteiger partial charge on any atom is 0.418 e. The molecule has 1 fully saturated rings. The summed E-state index contributed by atoms with van der Waals surface area (Å²) in [4.78, 5) is 20.8. The third-order valence-electron chi connectivity index (χ3n) is 5.55. The lowest BCUT2D eigenvalue weighted by molar-refractivity contribution is -0.136. The molecule has 0 saturated heterocycles. The van der Waals surface area contributed by atoms with Crippen LogP contribution in [0.15, 0.2) is 37.1 Å². The molecule has 9 nitrogen and oxygen atoms in total. The maximum atomic E-state index is 13.6. The molecule has 4 heterocycles. The SMILES string of the molecule is Cc1ncc(-c2cc(C(F)(F)F)c3c(N)ncnn23)cc1C(=O)Nc1cnn(CC2CC2)c1. The molecule has 12 heteroatoms. The quantitative estimate of drug-likeness (QED) is 0.474. The molecule has 1 aliphatic rings. The van der Waals surface area contributed by atoms with Gasteiger partial charge in [-0.1, -0.05) is 0 Å². The summed E-state index contributed by atoms with van der Waals surface area (Å²) < 4.78 is 43.7. The highest BCUT2D eigenvalue weighted by atomic mass is 19.4. The molecular weight excluding hydrogens is 437 g/mol. The highest BCUT2D eigenvalue weighted by Crippen LogP contribution is 2.38. The topological polar surface area (TPSA) is 116 Å². The summed E-state index contributed by atoms with van der Waals surface area (Å²) in [5, 5.41) is 11.0. The van der Waals surface area contributed by atoms with Crippen molar-refractivity contribution >= 4 is 22.9 Å². The Hall–Kier alpha value is -3.96. The van der Waals surface area contributed by atoms with E-state index in [1.54, 1.807) is 24.0 Å². The van der Waals surface area contributed by atoms with E-state index in [-0.39, 0.29) is 28.2 Å². The van der Waals surface area contributed by atoms with Crippen LogP contribution in [0, 0.1) is 12.8 Å². The Bertz CT molecular complexity index is 1370. The molecule has 0 atom stereocenters. The molecule has 33 heavy (non-hydrogen) atoms. The molecule has 1 aliphatic carbocycles.